The first-order valence-electron chi connectivity index (χ1n) is 33.7. The molecule has 6 heterocycles. The van der Waals surface area contributed by atoms with Gasteiger partial charge in [0, 0.05) is 12.8 Å². The van der Waals surface area contributed by atoms with Gasteiger partial charge in [0.2, 0.25) is 25.2 Å². The Hall–Kier alpha value is -5.91. The van der Waals surface area contributed by atoms with Crippen molar-refractivity contribution in [2.24, 2.45) is 0 Å². The summed E-state index contributed by atoms with van der Waals surface area (Å²) >= 11 is 0. The van der Waals surface area contributed by atoms with Gasteiger partial charge in [-0.3, -0.25) is 9.59 Å². The predicted molar refractivity (Wildman–Crippen MR) is 342 cm³/mol. The molecule has 5 aromatic rings. The highest BCUT2D eigenvalue weighted by molar-refractivity contribution is 7.43. The van der Waals surface area contributed by atoms with E-state index in [0.29, 0.717) is 12.8 Å². The minimum atomic E-state index is -5.24. The number of hydrogen-bond acceptors (Lipinski definition) is 10. The van der Waals surface area contributed by atoms with Gasteiger partial charge in [-0.2, -0.15) is 4.90 Å². The predicted octanol–water partition coefficient (Wildman–Crippen LogP) is 10.9. The number of unbranched alkanes of at least 4 members (excludes halogenated alkanes) is 24. The average molecular weight is 1240 g/mol. The summed E-state index contributed by atoms with van der Waals surface area (Å²) in [5.74, 6) is -0.945. The van der Waals surface area contributed by atoms with Gasteiger partial charge < -0.3 is 28.3 Å². The minimum absolute atomic E-state index is 0.188. The number of nitrogens with zero attached hydrogens (tertiary/aromatic N) is 9. The number of pyridine rings is 2. The third-order valence-corrected chi connectivity index (χ3v) is 16.0. The summed E-state index contributed by atoms with van der Waals surface area (Å²) < 4.78 is 40.8. The van der Waals surface area contributed by atoms with E-state index in [0.717, 1.165) is 106 Å². The van der Waals surface area contributed by atoms with E-state index in [1.54, 1.807) is 0 Å². The second-order valence-corrected chi connectivity index (χ2v) is 24.5. The summed E-state index contributed by atoms with van der Waals surface area (Å²) in [7, 11) is -5.24. The normalized spacial score (nSPS) is 13.1. The Kier molecular flexibility index (Phi) is 39.2. The van der Waals surface area contributed by atoms with Crippen LogP contribution in [0.15, 0.2) is 118 Å². The Labute approximate surface area is 528 Å². The van der Waals surface area contributed by atoms with Crippen LogP contribution in [0.3, 0.4) is 0 Å². The maximum absolute atomic E-state index is 12.3. The van der Waals surface area contributed by atoms with Crippen LogP contribution in [-0.2, 0) is 74.0 Å². The molecule has 19 heteroatoms. The number of carbonyl (C=O) groups excluding carboxylic acids is 2. The lowest BCUT2D eigenvalue weighted by molar-refractivity contribution is -0.690. The molecule has 88 heavy (non-hydrogen) atoms. The summed E-state index contributed by atoms with van der Waals surface area (Å²) in [6, 6.07) is 12.5. The highest BCUT2D eigenvalue weighted by Crippen LogP contribution is 2.25. The van der Waals surface area contributed by atoms with Gasteiger partial charge in [-0.05, 0) is 64.5 Å². The van der Waals surface area contributed by atoms with E-state index >= 15 is 0 Å². The number of carbonyl (C=O) groups is 2. The molecule has 0 aromatic carbocycles. The Bertz CT molecular complexity index is 2710. The molecule has 0 amide bonds. The molecule has 18 nitrogen and oxygen atoms in total. The average Bonchev–Trinajstić information content (AvgIpc) is 4.57. The van der Waals surface area contributed by atoms with Crippen LogP contribution < -0.4 is 28.4 Å². The fourth-order valence-electron chi connectivity index (χ4n) is 10.4. The smallest absolute Gasteiger partial charge is 0.340 e. The summed E-state index contributed by atoms with van der Waals surface area (Å²) in [6.45, 7) is 19.9. The Balaban J connectivity index is 0.000000310. The van der Waals surface area contributed by atoms with Crippen LogP contribution in [0.2, 0.25) is 0 Å². The van der Waals surface area contributed by atoms with Crippen molar-refractivity contribution in [1.82, 2.24) is 23.7 Å². The zero-order valence-corrected chi connectivity index (χ0v) is 55.5. The molecule has 2 unspecified atom stereocenters. The number of imidazole rings is 3. The summed E-state index contributed by atoms with van der Waals surface area (Å²) in [5, 5.41) is 0. The third kappa shape index (κ3) is 35.3. The van der Waals surface area contributed by atoms with Crippen molar-refractivity contribution < 1.29 is 61.1 Å². The zero-order valence-electron chi connectivity index (χ0n) is 54.7. The Morgan fingerprint density at radius 2 is 0.909 bits per heavy atom. The van der Waals surface area contributed by atoms with Crippen molar-refractivity contribution in [1.29, 1.82) is 0 Å². The number of esters is 2. The molecule has 0 radical (unpaired) electrons. The van der Waals surface area contributed by atoms with Gasteiger partial charge in [0.1, 0.15) is 75.3 Å². The molecule has 0 aliphatic carbocycles. The molecule has 0 saturated carbocycles. The quantitative estimate of drug-likeness (QED) is 0.0170. The second kappa shape index (κ2) is 46.2. The maximum atomic E-state index is 12.3. The van der Waals surface area contributed by atoms with Crippen LogP contribution >= 0.6 is 7.82 Å². The lowest BCUT2D eigenvalue weighted by Crippen LogP contribution is -3.00. The Morgan fingerprint density at radius 1 is 0.545 bits per heavy atom. The van der Waals surface area contributed by atoms with Crippen LogP contribution in [0.1, 0.15) is 237 Å². The molecule has 0 saturated heterocycles. The van der Waals surface area contributed by atoms with Crippen LogP contribution in [0.4, 0.5) is 0 Å². The van der Waals surface area contributed by atoms with E-state index in [1.807, 2.05) is 6.20 Å². The number of ether oxygens (including phenoxy) is 2. The number of nitrogens with one attached hydrogen (secondary N) is 1. The largest absolute Gasteiger partial charge is 0.790 e. The van der Waals surface area contributed by atoms with Crippen molar-refractivity contribution >= 4 is 26.1 Å². The first-order chi connectivity index (χ1) is 42.8. The van der Waals surface area contributed by atoms with Crippen molar-refractivity contribution in [3.63, 3.8) is 0 Å². The second-order valence-electron chi connectivity index (χ2n) is 23.3. The van der Waals surface area contributed by atoms with E-state index in [-0.39, 0.29) is 19.4 Å². The van der Waals surface area contributed by atoms with Crippen LogP contribution in [0.25, 0.3) is 0 Å². The van der Waals surface area contributed by atoms with Crippen molar-refractivity contribution in [2.45, 2.75) is 266 Å². The SMILES string of the molecule is C=C[NH+]1C=C[N+](Cc2cccc(C[n+]3ccn(CC)c3)n2)=C1.CCCCCCCCCCCCCCCC(=O)OCC(COP(=O)([O-])[O-])OC(=O)CCCCCCCCCCCCCCC.CCn1cc[n+](Cc2cccc(C[n+]3ccn(CC)c3)n2)c1. The number of aromatic nitrogens is 8. The van der Waals surface area contributed by atoms with E-state index in [9.17, 15) is 23.9 Å². The van der Waals surface area contributed by atoms with Crippen molar-refractivity contribution in [2.75, 3.05) is 13.2 Å². The molecule has 0 spiro atoms. The maximum Gasteiger partial charge on any atom is 0.340 e. The van der Waals surface area contributed by atoms with E-state index in [1.165, 1.54) is 122 Å². The van der Waals surface area contributed by atoms with E-state index < -0.39 is 32.5 Å². The minimum Gasteiger partial charge on any atom is -0.790 e. The van der Waals surface area contributed by atoms with Gasteiger partial charge in [0.15, 0.2) is 18.8 Å². The molecule has 0 fully saturated rings. The zero-order chi connectivity index (χ0) is 63.3. The fourth-order valence-corrected chi connectivity index (χ4v) is 10.7. The highest BCUT2D eigenvalue weighted by Gasteiger charge is 2.20. The monoisotopic (exact) mass is 1240 g/mol. The first-order valence-corrected chi connectivity index (χ1v) is 35.1. The van der Waals surface area contributed by atoms with Crippen LogP contribution in [0.5, 0.6) is 0 Å². The van der Waals surface area contributed by atoms with Gasteiger partial charge >= 0.3 is 18.3 Å². The lowest BCUT2D eigenvalue weighted by Gasteiger charge is -2.30. The number of hydrogen-bond donors (Lipinski definition) is 1. The molecule has 488 valence electrons. The molecule has 1 N–H and O–H groups in total. The molecular formula is C69H112N10O8P+3. The molecular weight excluding hydrogens is 1130 g/mol. The standard InChI is InChI=1S/C35H69O8P.C17H23N5.C17H21N5/c1-3-5-7-9-11-13-15-17-19-21-23-25-27-29-34(36)41-31-33(32-42-44(38,39)40)43-35(37)30-28-26-24-22-20-18-16-14-12-10-8-6-4-2;2*1-3-19-8-10-21(14-19)12-16-6-5-7-17(18-16)13-22-11-9-20(4-2)15-22/h33H,3-32H2,1-2H3,(H2,38,39,40);5-11,14-15H,3-4,12-13H2,1-2H3;3,5-11,14-15H,1,4,12-13H2,2H3/q;2*+2/p-1. The van der Waals surface area contributed by atoms with Gasteiger partial charge in [0.25, 0.3) is 0 Å². The van der Waals surface area contributed by atoms with E-state index in [2.05, 4.69) is 189 Å². The first kappa shape index (κ1) is 74.6. The number of quaternary nitrogens is 1. The Morgan fingerprint density at radius 3 is 1.25 bits per heavy atom. The highest BCUT2D eigenvalue weighted by atomic mass is 31.2. The fraction of sp³-hybridized carbons (Fsp3) is 0.623. The third-order valence-electron chi connectivity index (χ3n) is 15.6. The molecule has 1 aliphatic heterocycles. The van der Waals surface area contributed by atoms with Crippen LogP contribution in [-0.4, -0.2) is 65.8 Å². The van der Waals surface area contributed by atoms with Gasteiger partial charge in [-0.1, -0.05) is 180 Å². The van der Waals surface area contributed by atoms with Gasteiger partial charge in [-0.25, -0.2) is 37.4 Å². The molecule has 5 aromatic heterocycles. The summed E-state index contributed by atoms with van der Waals surface area (Å²) in [6.07, 6.45) is 57.6. The molecule has 1 aliphatic rings. The van der Waals surface area contributed by atoms with Crippen molar-refractivity contribution in [3.05, 3.63) is 141 Å². The van der Waals surface area contributed by atoms with Crippen molar-refractivity contribution in [3.8, 4) is 0 Å². The molecule has 6 rings (SSSR count). The number of rotatable bonds is 46. The number of phosphoric acid groups is 1. The van der Waals surface area contributed by atoms with Gasteiger partial charge in [-0.15, -0.1) is 4.58 Å². The van der Waals surface area contributed by atoms with Gasteiger partial charge in [0.05, 0.1) is 51.1 Å². The topological polar surface area (TPSA) is 185 Å². The number of aryl methyl sites for hydroxylation is 3. The molecule has 0 bridgehead atoms. The lowest BCUT2D eigenvalue weighted by atomic mass is 10.0. The van der Waals surface area contributed by atoms with Crippen LogP contribution in [0, 0.1) is 0 Å². The summed E-state index contributed by atoms with van der Waals surface area (Å²) in [5.41, 5.74) is 4.32. The summed E-state index contributed by atoms with van der Waals surface area (Å²) in [4.78, 5) is 57.0. The molecule has 2 atom stereocenters. The number of phosphoric ester groups is 1. The van der Waals surface area contributed by atoms with E-state index in [4.69, 9.17) is 19.4 Å².